The second-order valence-corrected chi connectivity index (χ2v) is 2.98. The minimum atomic E-state index is -1.93. The Kier molecular flexibility index (Phi) is 5.42. The summed E-state index contributed by atoms with van der Waals surface area (Å²) >= 11 is 0. The van der Waals surface area contributed by atoms with Crippen LogP contribution in [0, 0.1) is 0 Å². The van der Waals surface area contributed by atoms with Gasteiger partial charge in [-0.2, -0.15) is 0 Å². The lowest BCUT2D eigenvalue weighted by molar-refractivity contribution is -0.157. The number of hydrogen-bond acceptors (Lipinski definition) is 3. The standard InChI is InChI=1S/C10H18O3/c1-4-6-7-8-10(11,12)9(3)13-5-2/h5,11-12H,2-4,6-8H2,1H3. The third-order valence-electron chi connectivity index (χ3n) is 1.80. The summed E-state index contributed by atoms with van der Waals surface area (Å²) in [4.78, 5) is 0. The van der Waals surface area contributed by atoms with Gasteiger partial charge in [0.25, 0.3) is 0 Å². The van der Waals surface area contributed by atoms with Gasteiger partial charge in [0.15, 0.2) is 5.76 Å². The average Bonchev–Trinajstić information content (AvgIpc) is 2.05. The van der Waals surface area contributed by atoms with E-state index in [0.717, 1.165) is 25.5 Å². The Bertz CT molecular complexity index is 173. The number of unbranched alkanes of at least 4 members (excludes halogenated alkanes) is 2. The molecule has 0 heterocycles. The number of rotatable bonds is 7. The van der Waals surface area contributed by atoms with Crippen LogP contribution in [0.1, 0.15) is 32.6 Å². The van der Waals surface area contributed by atoms with Crippen molar-refractivity contribution >= 4 is 0 Å². The number of aliphatic hydroxyl groups is 2. The maximum atomic E-state index is 9.42. The van der Waals surface area contributed by atoms with Gasteiger partial charge in [0.2, 0.25) is 5.79 Å². The van der Waals surface area contributed by atoms with Gasteiger partial charge in [-0.3, -0.25) is 0 Å². The smallest absolute Gasteiger partial charge is 0.222 e. The van der Waals surface area contributed by atoms with Crippen LogP contribution in [0.3, 0.4) is 0 Å². The van der Waals surface area contributed by atoms with Crippen LogP contribution in [0.15, 0.2) is 25.2 Å². The van der Waals surface area contributed by atoms with Crippen molar-refractivity contribution < 1.29 is 14.9 Å². The molecule has 0 aliphatic carbocycles. The zero-order valence-corrected chi connectivity index (χ0v) is 8.12. The van der Waals surface area contributed by atoms with Crippen LogP contribution in [0.25, 0.3) is 0 Å². The SMILES string of the molecule is C=COC(=C)C(O)(O)CCCCC. The topological polar surface area (TPSA) is 49.7 Å². The Morgan fingerprint density at radius 1 is 1.46 bits per heavy atom. The van der Waals surface area contributed by atoms with E-state index in [2.05, 4.69) is 13.2 Å². The maximum Gasteiger partial charge on any atom is 0.222 e. The van der Waals surface area contributed by atoms with Crippen LogP contribution >= 0.6 is 0 Å². The Balaban J connectivity index is 3.90. The highest BCUT2D eigenvalue weighted by atomic mass is 16.6. The first-order chi connectivity index (χ1) is 6.04. The first-order valence-electron chi connectivity index (χ1n) is 4.46. The molecule has 3 heteroatoms. The van der Waals surface area contributed by atoms with Gasteiger partial charge >= 0.3 is 0 Å². The van der Waals surface area contributed by atoms with Crippen molar-refractivity contribution in [2.75, 3.05) is 0 Å². The minimum absolute atomic E-state index is 0.0707. The van der Waals surface area contributed by atoms with Crippen molar-refractivity contribution in [1.29, 1.82) is 0 Å². The van der Waals surface area contributed by atoms with Crippen molar-refractivity contribution in [3.8, 4) is 0 Å². The second-order valence-electron chi connectivity index (χ2n) is 2.98. The Hall–Kier alpha value is -0.800. The van der Waals surface area contributed by atoms with Crippen LogP contribution in [0.4, 0.5) is 0 Å². The van der Waals surface area contributed by atoms with Crippen molar-refractivity contribution in [2.45, 2.75) is 38.4 Å². The van der Waals surface area contributed by atoms with E-state index in [1.807, 2.05) is 6.92 Å². The van der Waals surface area contributed by atoms with Crippen LogP contribution in [0.5, 0.6) is 0 Å². The Labute approximate surface area is 79.3 Å². The summed E-state index contributed by atoms with van der Waals surface area (Å²) in [6, 6.07) is 0. The zero-order valence-electron chi connectivity index (χ0n) is 8.12. The van der Waals surface area contributed by atoms with E-state index in [0.29, 0.717) is 0 Å². The van der Waals surface area contributed by atoms with Crippen molar-refractivity contribution in [3.05, 3.63) is 25.2 Å². The third-order valence-corrected chi connectivity index (χ3v) is 1.80. The zero-order chi connectivity index (χ0) is 10.3. The Morgan fingerprint density at radius 2 is 2.08 bits per heavy atom. The fourth-order valence-corrected chi connectivity index (χ4v) is 0.956. The lowest BCUT2D eigenvalue weighted by atomic mass is 10.1. The summed E-state index contributed by atoms with van der Waals surface area (Å²) in [5.74, 6) is -2.00. The van der Waals surface area contributed by atoms with Gasteiger partial charge in [-0.15, -0.1) is 0 Å². The first kappa shape index (κ1) is 12.2. The minimum Gasteiger partial charge on any atom is -0.465 e. The molecule has 0 aromatic carbocycles. The van der Waals surface area contributed by atoms with E-state index in [9.17, 15) is 10.2 Å². The molecule has 0 atom stereocenters. The summed E-state index contributed by atoms with van der Waals surface area (Å²) in [6.07, 6.45) is 4.11. The van der Waals surface area contributed by atoms with Crippen molar-refractivity contribution in [2.24, 2.45) is 0 Å². The van der Waals surface area contributed by atoms with E-state index < -0.39 is 5.79 Å². The molecule has 76 valence electrons. The fourth-order valence-electron chi connectivity index (χ4n) is 0.956. The molecule has 2 N–H and O–H groups in total. The van der Waals surface area contributed by atoms with Gasteiger partial charge in [0.05, 0.1) is 6.26 Å². The molecule has 0 saturated carbocycles. The van der Waals surface area contributed by atoms with Gasteiger partial charge < -0.3 is 14.9 Å². The monoisotopic (exact) mass is 186 g/mol. The highest BCUT2D eigenvalue weighted by Crippen LogP contribution is 2.20. The molecule has 0 radical (unpaired) electrons. The van der Waals surface area contributed by atoms with Gasteiger partial charge in [-0.1, -0.05) is 32.9 Å². The number of ether oxygens (including phenoxy) is 1. The van der Waals surface area contributed by atoms with Crippen LogP contribution < -0.4 is 0 Å². The summed E-state index contributed by atoms with van der Waals surface area (Å²) < 4.78 is 4.71. The molecular weight excluding hydrogens is 168 g/mol. The quantitative estimate of drug-likeness (QED) is 0.363. The molecule has 0 spiro atoms. The van der Waals surface area contributed by atoms with Crippen molar-refractivity contribution in [1.82, 2.24) is 0 Å². The molecule has 0 bridgehead atoms. The predicted molar refractivity (Wildman–Crippen MR) is 51.7 cm³/mol. The van der Waals surface area contributed by atoms with E-state index in [1.54, 1.807) is 0 Å². The molecule has 3 nitrogen and oxygen atoms in total. The van der Waals surface area contributed by atoms with Crippen LogP contribution in [0.2, 0.25) is 0 Å². The molecular formula is C10H18O3. The second kappa shape index (κ2) is 5.78. The molecule has 0 amide bonds. The van der Waals surface area contributed by atoms with E-state index in [-0.39, 0.29) is 12.2 Å². The normalized spacial score (nSPS) is 11.0. The molecule has 0 aromatic heterocycles. The number of hydrogen-bond donors (Lipinski definition) is 2. The van der Waals surface area contributed by atoms with Crippen LogP contribution in [-0.4, -0.2) is 16.0 Å². The van der Waals surface area contributed by atoms with Crippen molar-refractivity contribution in [3.63, 3.8) is 0 Å². The average molecular weight is 186 g/mol. The fraction of sp³-hybridized carbons (Fsp3) is 0.600. The predicted octanol–water partition coefficient (Wildman–Crippen LogP) is 1.92. The Morgan fingerprint density at radius 3 is 2.54 bits per heavy atom. The summed E-state index contributed by atoms with van der Waals surface area (Å²) in [5, 5.41) is 18.8. The largest absolute Gasteiger partial charge is 0.465 e. The highest BCUT2D eigenvalue weighted by Gasteiger charge is 2.27. The first-order valence-corrected chi connectivity index (χ1v) is 4.46. The molecule has 0 unspecified atom stereocenters. The van der Waals surface area contributed by atoms with Gasteiger partial charge in [-0.25, -0.2) is 0 Å². The van der Waals surface area contributed by atoms with Crippen LogP contribution in [-0.2, 0) is 4.74 Å². The maximum absolute atomic E-state index is 9.42. The lowest BCUT2D eigenvalue weighted by Gasteiger charge is -2.22. The van der Waals surface area contributed by atoms with Gasteiger partial charge in [0.1, 0.15) is 0 Å². The molecule has 0 saturated heterocycles. The molecule has 0 aliphatic rings. The van der Waals surface area contributed by atoms with E-state index >= 15 is 0 Å². The summed E-state index contributed by atoms with van der Waals surface area (Å²) in [5.41, 5.74) is 0. The molecule has 0 fully saturated rings. The molecule has 0 rings (SSSR count). The third kappa shape index (κ3) is 4.70. The summed E-state index contributed by atoms with van der Waals surface area (Å²) in [7, 11) is 0. The lowest BCUT2D eigenvalue weighted by Crippen LogP contribution is -2.30. The molecule has 0 aromatic rings. The molecule has 0 aliphatic heterocycles. The van der Waals surface area contributed by atoms with Gasteiger partial charge in [-0.05, 0) is 6.42 Å². The van der Waals surface area contributed by atoms with E-state index in [4.69, 9.17) is 4.74 Å². The summed E-state index contributed by atoms with van der Waals surface area (Å²) in [6.45, 7) is 8.75. The highest BCUT2D eigenvalue weighted by molar-refractivity contribution is 4.98. The van der Waals surface area contributed by atoms with Gasteiger partial charge in [0, 0.05) is 6.42 Å². The molecule has 13 heavy (non-hydrogen) atoms. The van der Waals surface area contributed by atoms with E-state index in [1.165, 1.54) is 0 Å².